The van der Waals surface area contributed by atoms with Crippen LogP contribution in [0, 0.1) is 6.92 Å². The molecule has 0 fully saturated rings. The van der Waals surface area contributed by atoms with E-state index in [0.717, 1.165) is 28.8 Å². The molecule has 1 unspecified atom stereocenters. The molecular weight excluding hydrogens is 276 g/mol. The van der Waals surface area contributed by atoms with Gasteiger partial charge in [-0.1, -0.05) is 49.4 Å². The van der Waals surface area contributed by atoms with Gasteiger partial charge in [0.1, 0.15) is 0 Å². The molecule has 22 heavy (non-hydrogen) atoms. The summed E-state index contributed by atoms with van der Waals surface area (Å²) in [6.07, 6.45) is 0.135. The van der Waals surface area contributed by atoms with E-state index in [0.29, 0.717) is 0 Å². The zero-order valence-corrected chi connectivity index (χ0v) is 13.0. The number of benzene rings is 2. The smallest absolute Gasteiger partial charge is 0.319 e. The van der Waals surface area contributed by atoms with Gasteiger partial charge in [0.15, 0.2) is 0 Å². The van der Waals surface area contributed by atoms with Gasteiger partial charge in [0.25, 0.3) is 0 Å². The van der Waals surface area contributed by atoms with Gasteiger partial charge >= 0.3 is 6.03 Å². The molecule has 3 N–H and O–H groups in total. The van der Waals surface area contributed by atoms with Gasteiger partial charge in [0.2, 0.25) is 0 Å². The highest BCUT2D eigenvalue weighted by molar-refractivity contribution is 5.90. The largest absolute Gasteiger partial charge is 0.387 e. The Morgan fingerprint density at radius 2 is 1.82 bits per heavy atom. The summed E-state index contributed by atoms with van der Waals surface area (Å²) >= 11 is 0. The second-order valence-corrected chi connectivity index (χ2v) is 5.22. The molecule has 0 radical (unpaired) electrons. The fraction of sp³-hybridized carbons (Fsp3) is 0.278. The van der Waals surface area contributed by atoms with Crippen molar-refractivity contribution in [2.45, 2.75) is 26.4 Å². The van der Waals surface area contributed by atoms with E-state index in [4.69, 9.17) is 0 Å². The van der Waals surface area contributed by atoms with Crippen LogP contribution < -0.4 is 10.6 Å². The van der Waals surface area contributed by atoms with Crippen LogP contribution in [0.15, 0.2) is 48.5 Å². The third-order valence-corrected chi connectivity index (χ3v) is 3.65. The molecule has 2 aromatic carbocycles. The number of amides is 2. The Labute approximate surface area is 131 Å². The number of anilines is 1. The number of hydrogen-bond acceptors (Lipinski definition) is 2. The molecule has 116 valence electrons. The first-order valence-electron chi connectivity index (χ1n) is 7.48. The van der Waals surface area contributed by atoms with Crippen molar-refractivity contribution in [1.82, 2.24) is 5.32 Å². The van der Waals surface area contributed by atoms with Gasteiger partial charge in [0, 0.05) is 12.2 Å². The van der Waals surface area contributed by atoms with E-state index in [-0.39, 0.29) is 12.6 Å². The summed E-state index contributed by atoms with van der Waals surface area (Å²) in [5, 5.41) is 15.7. The molecule has 0 saturated carbocycles. The summed E-state index contributed by atoms with van der Waals surface area (Å²) < 4.78 is 0. The lowest BCUT2D eigenvalue weighted by atomic mass is 10.0. The molecule has 0 bridgehead atoms. The van der Waals surface area contributed by atoms with Crippen molar-refractivity contribution >= 4 is 11.7 Å². The molecule has 2 aromatic rings. The zero-order chi connectivity index (χ0) is 15.9. The highest BCUT2D eigenvalue weighted by Crippen LogP contribution is 2.17. The fourth-order valence-corrected chi connectivity index (χ4v) is 2.38. The normalized spacial score (nSPS) is 11.8. The van der Waals surface area contributed by atoms with E-state index in [1.807, 2.05) is 62.4 Å². The van der Waals surface area contributed by atoms with E-state index in [1.165, 1.54) is 0 Å². The molecule has 2 amide bonds. The van der Waals surface area contributed by atoms with Crippen LogP contribution in [0.5, 0.6) is 0 Å². The van der Waals surface area contributed by atoms with Gasteiger partial charge in [-0.15, -0.1) is 0 Å². The Hall–Kier alpha value is -2.33. The van der Waals surface area contributed by atoms with Gasteiger partial charge in [-0.2, -0.15) is 0 Å². The minimum atomic E-state index is -0.714. The molecule has 1 atom stereocenters. The molecular formula is C18H22N2O2. The molecule has 2 rings (SSSR count). The third kappa shape index (κ3) is 4.09. The van der Waals surface area contributed by atoms with Crippen molar-refractivity contribution in [3.05, 3.63) is 65.2 Å². The zero-order valence-electron chi connectivity index (χ0n) is 13.0. The molecule has 0 aliphatic carbocycles. The molecule has 0 aromatic heterocycles. The summed E-state index contributed by atoms with van der Waals surface area (Å²) in [5.74, 6) is 0. The van der Waals surface area contributed by atoms with Crippen LogP contribution in [0.4, 0.5) is 10.5 Å². The molecule has 0 saturated heterocycles. The van der Waals surface area contributed by atoms with Crippen molar-refractivity contribution in [1.29, 1.82) is 0 Å². The van der Waals surface area contributed by atoms with Crippen molar-refractivity contribution in [2.24, 2.45) is 0 Å². The topological polar surface area (TPSA) is 61.4 Å². The number of carbonyl (C=O) groups excluding carboxylic acids is 1. The van der Waals surface area contributed by atoms with Crippen LogP contribution in [0.3, 0.4) is 0 Å². The summed E-state index contributed by atoms with van der Waals surface area (Å²) in [4.78, 5) is 12.0. The number of para-hydroxylation sites is 1. The van der Waals surface area contributed by atoms with E-state index >= 15 is 0 Å². The van der Waals surface area contributed by atoms with Crippen LogP contribution >= 0.6 is 0 Å². The van der Waals surface area contributed by atoms with E-state index in [2.05, 4.69) is 10.6 Å². The Morgan fingerprint density at radius 3 is 2.55 bits per heavy atom. The van der Waals surface area contributed by atoms with Gasteiger partial charge in [-0.25, -0.2) is 4.79 Å². The summed E-state index contributed by atoms with van der Waals surface area (Å²) in [6, 6.07) is 15.0. The monoisotopic (exact) mass is 298 g/mol. The van der Waals surface area contributed by atoms with Gasteiger partial charge in [0.05, 0.1) is 6.10 Å². The highest BCUT2D eigenvalue weighted by atomic mass is 16.3. The van der Waals surface area contributed by atoms with Crippen molar-refractivity contribution in [3.8, 4) is 0 Å². The van der Waals surface area contributed by atoms with Crippen molar-refractivity contribution in [3.63, 3.8) is 0 Å². The number of hydrogen-bond donors (Lipinski definition) is 3. The van der Waals surface area contributed by atoms with Crippen LogP contribution in [-0.2, 0) is 6.42 Å². The number of nitrogens with one attached hydrogen (secondary N) is 2. The average Bonchev–Trinajstić information content (AvgIpc) is 2.53. The molecule has 0 heterocycles. The summed E-state index contributed by atoms with van der Waals surface area (Å²) in [7, 11) is 0. The molecule has 4 nitrogen and oxygen atoms in total. The predicted molar refractivity (Wildman–Crippen MR) is 89.0 cm³/mol. The molecule has 0 aliphatic heterocycles. The molecule has 0 aliphatic rings. The number of aliphatic hydroxyl groups is 1. The maximum Gasteiger partial charge on any atom is 0.319 e. The lowest BCUT2D eigenvalue weighted by Gasteiger charge is -2.15. The first kappa shape index (κ1) is 16.0. The fourth-order valence-electron chi connectivity index (χ4n) is 2.38. The first-order valence-corrected chi connectivity index (χ1v) is 7.48. The number of aliphatic hydroxyl groups excluding tert-OH is 1. The van der Waals surface area contributed by atoms with Gasteiger partial charge in [-0.05, 0) is 36.1 Å². The second-order valence-electron chi connectivity index (χ2n) is 5.22. The third-order valence-electron chi connectivity index (χ3n) is 3.65. The average molecular weight is 298 g/mol. The predicted octanol–water partition coefficient (Wildman–Crippen LogP) is 3.41. The Bertz CT molecular complexity index is 640. The van der Waals surface area contributed by atoms with Crippen LogP contribution in [0.25, 0.3) is 0 Å². The second kappa shape index (κ2) is 7.61. The Balaban J connectivity index is 1.92. The maximum absolute atomic E-state index is 12.0. The lowest BCUT2D eigenvalue weighted by Crippen LogP contribution is -2.32. The quantitative estimate of drug-likeness (QED) is 0.792. The van der Waals surface area contributed by atoms with Crippen LogP contribution in [0.2, 0.25) is 0 Å². The Kier molecular flexibility index (Phi) is 5.55. The van der Waals surface area contributed by atoms with E-state index in [1.54, 1.807) is 0 Å². The number of aryl methyl sites for hydroxylation is 2. The summed E-state index contributed by atoms with van der Waals surface area (Å²) in [5.41, 5.74) is 3.72. The van der Waals surface area contributed by atoms with Crippen molar-refractivity contribution in [2.75, 3.05) is 11.9 Å². The first-order chi connectivity index (χ1) is 10.6. The standard InChI is InChI=1S/C18H22N2O2/c1-3-14-9-5-7-11-16(14)20-18(22)19-12-17(21)15-10-6-4-8-13(15)2/h4-11,17,21H,3,12H2,1-2H3,(H2,19,20,22). The number of rotatable bonds is 5. The molecule has 4 heteroatoms. The number of carbonyl (C=O) groups is 1. The van der Waals surface area contributed by atoms with Gasteiger partial charge < -0.3 is 15.7 Å². The van der Waals surface area contributed by atoms with Crippen molar-refractivity contribution < 1.29 is 9.90 Å². The minimum absolute atomic E-state index is 0.172. The SMILES string of the molecule is CCc1ccccc1NC(=O)NCC(O)c1ccccc1C. The minimum Gasteiger partial charge on any atom is -0.387 e. The van der Waals surface area contributed by atoms with E-state index in [9.17, 15) is 9.90 Å². The van der Waals surface area contributed by atoms with Crippen LogP contribution in [0.1, 0.15) is 29.7 Å². The van der Waals surface area contributed by atoms with Crippen LogP contribution in [-0.4, -0.2) is 17.7 Å². The van der Waals surface area contributed by atoms with E-state index < -0.39 is 6.10 Å². The summed E-state index contributed by atoms with van der Waals surface area (Å²) in [6.45, 7) is 4.15. The maximum atomic E-state index is 12.0. The lowest BCUT2D eigenvalue weighted by molar-refractivity contribution is 0.174. The number of urea groups is 1. The Morgan fingerprint density at radius 1 is 1.14 bits per heavy atom. The van der Waals surface area contributed by atoms with Gasteiger partial charge in [-0.3, -0.25) is 0 Å². The highest BCUT2D eigenvalue weighted by Gasteiger charge is 2.12. The molecule has 0 spiro atoms.